The van der Waals surface area contributed by atoms with Crippen LogP contribution in [-0.2, 0) is 5.41 Å². The minimum absolute atomic E-state index is 0.248. The highest BCUT2D eigenvalue weighted by atomic mass is 15.1. The van der Waals surface area contributed by atoms with Crippen molar-refractivity contribution in [2.24, 2.45) is 11.3 Å². The Kier molecular flexibility index (Phi) is 4.70. The first-order valence-electron chi connectivity index (χ1n) is 8.51. The maximum absolute atomic E-state index is 2.56. The monoisotopic (exact) mass is 287 g/mol. The number of anilines is 1. The van der Waals surface area contributed by atoms with Crippen LogP contribution in [0, 0.1) is 11.3 Å². The fourth-order valence-corrected chi connectivity index (χ4v) is 3.43. The van der Waals surface area contributed by atoms with Crippen LogP contribution in [0.2, 0.25) is 0 Å². The third-order valence-corrected chi connectivity index (χ3v) is 4.61. The van der Waals surface area contributed by atoms with Gasteiger partial charge in [-0.05, 0) is 53.7 Å². The van der Waals surface area contributed by atoms with Crippen LogP contribution in [-0.4, -0.2) is 13.1 Å². The Balaban J connectivity index is 1.93. The fraction of sp³-hybridized carbons (Fsp3) is 0.700. The van der Waals surface area contributed by atoms with Crippen LogP contribution >= 0.6 is 0 Å². The van der Waals surface area contributed by atoms with E-state index in [0.717, 1.165) is 5.92 Å². The van der Waals surface area contributed by atoms with Crippen molar-refractivity contribution in [1.29, 1.82) is 0 Å². The van der Waals surface area contributed by atoms with Crippen molar-refractivity contribution in [2.75, 3.05) is 18.0 Å². The van der Waals surface area contributed by atoms with E-state index in [1.165, 1.54) is 43.6 Å². The molecule has 0 atom stereocenters. The fourth-order valence-electron chi connectivity index (χ4n) is 3.43. The first-order chi connectivity index (χ1) is 9.65. The summed E-state index contributed by atoms with van der Waals surface area (Å²) in [4.78, 5) is 2.56. The number of hydrogen-bond donors (Lipinski definition) is 0. The van der Waals surface area contributed by atoms with E-state index in [9.17, 15) is 0 Å². The van der Waals surface area contributed by atoms with Crippen molar-refractivity contribution in [3.05, 3.63) is 29.8 Å². The summed E-state index contributed by atoms with van der Waals surface area (Å²) in [7, 11) is 0. The molecule has 0 spiro atoms. The molecule has 1 heterocycles. The molecule has 1 aromatic rings. The van der Waals surface area contributed by atoms with Crippen LogP contribution in [0.15, 0.2) is 24.3 Å². The standard InChI is InChI=1S/C20H33N/c1-19(2,3)15-16-11-13-21(14-12-16)18-9-7-17(8-10-18)20(4,5)6/h7-10,16H,11-15H2,1-6H3. The van der Waals surface area contributed by atoms with Crippen molar-refractivity contribution in [3.63, 3.8) is 0 Å². The van der Waals surface area contributed by atoms with E-state index in [1.54, 1.807) is 0 Å². The Morgan fingerprint density at radius 3 is 1.86 bits per heavy atom. The van der Waals surface area contributed by atoms with Gasteiger partial charge in [-0.2, -0.15) is 0 Å². The second kappa shape index (κ2) is 6.02. The van der Waals surface area contributed by atoms with Crippen molar-refractivity contribution >= 4 is 5.69 Å². The molecule has 1 aromatic carbocycles. The van der Waals surface area contributed by atoms with Gasteiger partial charge >= 0.3 is 0 Å². The average molecular weight is 287 g/mol. The molecule has 118 valence electrons. The van der Waals surface area contributed by atoms with Gasteiger partial charge in [-0.1, -0.05) is 53.7 Å². The van der Waals surface area contributed by atoms with Crippen LogP contribution in [0.25, 0.3) is 0 Å². The SMILES string of the molecule is CC(C)(C)CC1CCN(c2ccc(C(C)(C)C)cc2)CC1. The highest BCUT2D eigenvalue weighted by Crippen LogP contribution is 2.33. The molecular formula is C20H33N. The van der Waals surface area contributed by atoms with Gasteiger partial charge in [-0.15, -0.1) is 0 Å². The summed E-state index contributed by atoms with van der Waals surface area (Å²) in [6.45, 7) is 16.4. The van der Waals surface area contributed by atoms with E-state index in [0.29, 0.717) is 5.41 Å². The molecule has 21 heavy (non-hydrogen) atoms. The number of piperidine rings is 1. The Bertz CT molecular complexity index is 436. The largest absolute Gasteiger partial charge is 0.372 e. The van der Waals surface area contributed by atoms with E-state index < -0.39 is 0 Å². The van der Waals surface area contributed by atoms with Gasteiger partial charge in [0.1, 0.15) is 0 Å². The molecule has 0 N–H and O–H groups in total. The predicted molar refractivity (Wildman–Crippen MR) is 94.2 cm³/mol. The lowest BCUT2D eigenvalue weighted by molar-refractivity contribution is 0.258. The zero-order chi connectivity index (χ0) is 15.7. The summed E-state index contributed by atoms with van der Waals surface area (Å²) in [5.41, 5.74) is 3.55. The van der Waals surface area contributed by atoms with Crippen molar-refractivity contribution in [3.8, 4) is 0 Å². The van der Waals surface area contributed by atoms with Crippen molar-refractivity contribution in [1.82, 2.24) is 0 Å². The summed E-state index contributed by atoms with van der Waals surface area (Å²) in [6, 6.07) is 9.22. The van der Waals surface area contributed by atoms with Gasteiger partial charge in [0.05, 0.1) is 0 Å². The number of rotatable bonds is 2. The van der Waals surface area contributed by atoms with Gasteiger partial charge in [-0.25, -0.2) is 0 Å². The van der Waals surface area contributed by atoms with Gasteiger partial charge in [0, 0.05) is 18.8 Å². The summed E-state index contributed by atoms with van der Waals surface area (Å²) < 4.78 is 0. The molecule has 0 radical (unpaired) electrons. The maximum Gasteiger partial charge on any atom is 0.0366 e. The molecule has 0 bridgehead atoms. The zero-order valence-electron chi connectivity index (χ0n) is 14.9. The first kappa shape index (κ1) is 16.4. The first-order valence-corrected chi connectivity index (χ1v) is 8.51. The van der Waals surface area contributed by atoms with Crippen LogP contribution in [0.5, 0.6) is 0 Å². The van der Waals surface area contributed by atoms with E-state index in [1.807, 2.05) is 0 Å². The van der Waals surface area contributed by atoms with Gasteiger partial charge in [0.25, 0.3) is 0 Å². The third kappa shape index (κ3) is 4.76. The smallest absolute Gasteiger partial charge is 0.0366 e. The molecule has 1 saturated heterocycles. The number of benzene rings is 1. The summed E-state index contributed by atoms with van der Waals surface area (Å²) >= 11 is 0. The van der Waals surface area contributed by atoms with Crippen LogP contribution in [0.3, 0.4) is 0 Å². The Morgan fingerprint density at radius 1 is 0.905 bits per heavy atom. The molecule has 0 aromatic heterocycles. The van der Waals surface area contributed by atoms with Crippen LogP contribution in [0.1, 0.15) is 66.4 Å². The van der Waals surface area contributed by atoms with E-state index in [2.05, 4.69) is 70.7 Å². The quantitative estimate of drug-likeness (QED) is 0.680. The predicted octanol–water partition coefficient (Wildman–Crippen LogP) is 5.64. The highest BCUT2D eigenvalue weighted by Gasteiger charge is 2.24. The Morgan fingerprint density at radius 2 is 1.43 bits per heavy atom. The topological polar surface area (TPSA) is 3.24 Å². The summed E-state index contributed by atoms with van der Waals surface area (Å²) in [5.74, 6) is 0.912. The molecule has 0 aliphatic carbocycles. The molecule has 1 aliphatic rings. The van der Waals surface area contributed by atoms with E-state index in [-0.39, 0.29) is 5.41 Å². The zero-order valence-corrected chi connectivity index (χ0v) is 14.9. The van der Waals surface area contributed by atoms with E-state index >= 15 is 0 Å². The Hall–Kier alpha value is -0.980. The molecule has 2 rings (SSSR count). The van der Waals surface area contributed by atoms with Crippen LogP contribution < -0.4 is 4.90 Å². The van der Waals surface area contributed by atoms with Gasteiger partial charge < -0.3 is 4.90 Å². The minimum atomic E-state index is 0.248. The molecule has 0 saturated carbocycles. The second-order valence-corrected chi connectivity index (χ2v) is 8.99. The van der Waals surface area contributed by atoms with Crippen molar-refractivity contribution < 1.29 is 0 Å². The normalized spacial score (nSPS) is 18.1. The van der Waals surface area contributed by atoms with Gasteiger partial charge in [0.15, 0.2) is 0 Å². The van der Waals surface area contributed by atoms with E-state index in [4.69, 9.17) is 0 Å². The molecular weight excluding hydrogens is 254 g/mol. The number of hydrogen-bond acceptors (Lipinski definition) is 1. The van der Waals surface area contributed by atoms with Gasteiger partial charge in [0.2, 0.25) is 0 Å². The molecule has 1 nitrogen and oxygen atoms in total. The number of nitrogens with zero attached hydrogens (tertiary/aromatic N) is 1. The average Bonchev–Trinajstić information content (AvgIpc) is 2.37. The lowest BCUT2D eigenvalue weighted by Crippen LogP contribution is -2.34. The maximum atomic E-state index is 2.56. The molecule has 1 heteroatoms. The highest BCUT2D eigenvalue weighted by molar-refractivity contribution is 5.48. The second-order valence-electron chi connectivity index (χ2n) is 8.99. The lowest BCUT2D eigenvalue weighted by atomic mass is 9.80. The molecule has 1 fully saturated rings. The Labute approximate surface area is 131 Å². The lowest BCUT2D eigenvalue weighted by Gasteiger charge is -2.36. The molecule has 0 amide bonds. The van der Waals surface area contributed by atoms with Gasteiger partial charge in [-0.3, -0.25) is 0 Å². The summed E-state index contributed by atoms with van der Waals surface area (Å²) in [5, 5.41) is 0. The van der Waals surface area contributed by atoms with Crippen LogP contribution in [0.4, 0.5) is 5.69 Å². The van der Waals surface area contributed by atoms with Crippen molar-refractivity contribution in [2.45, 2.75) is 66.2 Å². The third-order valence-electron chi connectivity index (χ3n) is 4.61. The summed E-state index contributed by atoms with van der Waals surface area (Å²) in [6.07, 6.45) is 4.06. The minimum Gasteiger partial charge on any atom is -0.372 e. The molecule has 0 unspecified atom stereocenters. The molecule has 1 aliphatic heterocycles.